The monoisotopic (exact) mass is 244 g/mol. The zero-order valence-corrected chi connectivity index (χ0v) is 9.45. The molecule has 0 aromatic heterocycles. The number of rotatable bonds is 3. The van der Waals surface area contributed by atoms with Gasteiger partial charge in [0.1, 0.15) is 5.75 Å². The molecule has 2 aromatic rings. The van der Waals surface area contributed by atoms with Gasteiger partial charge in [-0.2, -0.15) is 0 Å². The Bertz CT molecular complexity index is 565. The highest BCUT2D eigenvalue weighted by molar-refractivity contribution is 5.83. The highest BCUT2D eigenvalue weighted by atomic mass is 16.4. The zero-order valence-electron chi connectivity index (χ0n) is 9.45. The predicted octanol–water partition coefficient (Wildman–Crippen LogP) is 1.71. The average molecular weight is 244 g/mol. The Labute approximate surface area is 104 Å². The van der Waals surface area contributed by atoms with Crippen LogP contribution in [-0.2, 0) is 10.4 Å². The maximum absolute atomic E-state index is 11.4. The first kappa shape index (κ1) is 12.1. The van der Waals surface area contributed by atoms with Crippen LogP contribution >= 0.6 is 0 Å². The van der Waals surface area contributed by atoms with E-state index in [1.807, 2.05) is 0 Å². The van der Waals surface area contributed by atoms with Crippen LogP contribution in [0.15, 0.2) is 54.6 Å². The van der Waals surface area contributed by atoms with Crippen LogP contribution in [-0.4, -0.2) is 21.3 Å². The van der Waals surface area contributed by atoms with Gasteiger partial charge in [0, 0.05) is 5.56 Å². The third kappa shape index (κ3) is 1.94. The van der Waals surface area contributed by atoms with Gasteiger partial charge in [-0.1, -0.05) is 42.5 Å². The van der Waals surface area contributed by atoms with Crippen LogP contribution in [0, 0.1) is 0 Å². The normalized spacial score (nSPS) is 13.8. The molecule has 0 heterocycles. The van der Waals surface area contributed by atoms with E-state index < -0.39 is 11.6 Å². The quantitative estimate of drug-likeness (QED) is 0.768. The Morgan fingerprint density at radius 2 is 1.56 bits per heavy atom. The molecule has 18 heavy (non-hydrogen) atoms. The second kappa shape index (κ2) is 4.50. The summed E-state index contributed by atoms with van der Waals surface area (Å²) in [7, 11) is 0. The molecule has 0 amide bonds. The molecule has 0 radical (unpaired) electrons. The van der Waals surface area contributed by atoms with Crippen molar-refractivity contribution >= 4 is 5.97 Å². The van der Waals surface area contributed by atoms with E-state index in [2.05, 4.69) is 0 Å². The highest BCUT2D eigenvalue weighted by Crippen LogP contribution is 2.31. The van der Waals surface area contributed by atoms with E-state index in [0.717, 1.165) is 0 Å². The average Bonchev–Trinajstić information content (AvgIpc) is 2.38. The molecular weight excluding hydrogens is 232 g/mol. The maximum Gasteiger partial charge on any atom is 0.345 e. The topological polar surface area (TPSA) is 77.8 Å². The molecule has 2 aromatic carbocycles. The molecule has 1 atom stereocenters. The van der Waals surface area contributed by atoms with Crippen molar-refractivity contribution < 1.29 is 20.1 Å². The molecule has 0 aliphatic heterocycles. The zero-order chi connectivity index (χ0) is 13.2. The van der Waals surface area contributed by atoms with Crippen LogP contribution in [0.4, 0.5) is 0 Å². The molecule has 92 valence electrons. The molecule has 0 aliphatic rings. The van der Waals surface area contributed by atoms with Crippen molar-refractivity contribution in [1.29, 1.82) is 0 Å². The molecule has 3 N–H and O–H groups in total. The summed E-state index contributed by atoms with van der Waals surface area (Å²) < 4.78 is 0. The van der Waals surface area contributed by atoms with Crippen LogP contribution in [0.25, 0.3) is 0 Å². The largest absolute Gasteiger partial charge is 0.508 e. The van der Waals surface area contributed by atoms with Crippen molar-refractivity contribution in [3.05, 3.63) is 65.7 Å². The van der Waals surface area contributed by atoms with Crippen molar-refractivity contribution in [2.75, 3.05) is 0 Å². The van der Waals surface area contributed by atoms with Crippen molar-refractivity contribution in [3.63, 3.8) is 0 Å². The summed E-state index contributed by atoms with van der Waals surface area (Å²) >= 11 is 0. The minimum Gasteiger partial charge on any atom is -0.508 e. The Morgan fingerprint density at radius 3 is 2.11 bits per heavy atom. The number of phenols is 1. The van der Waals surface area contributed by atoms with E-state index in [-0.39, 0.29) is 16.9 Å². The fraction of sp³-hybridized carbons (Fsp3) is 0.0714. The molecule has 0 saturated carbocycles. The third-order valence-electron chi connectivity index (χ3n) is 2.77. The van der Waals surface area contributed by atoms with Crippen LogP contribution in [0.3, 0.4) is 0 Å². The van der Waals surface area contributed by atoms with Crippen molar-refractivity contribution in [2.24, 2.45) is 0 Å². The SMILES string of the molecule is O=C(O)[C@@](O)(c1ccccc1)c1cccc(O)c1. The molecule has 2 rings (SSSR count). The van der Waals surface area contributed by atoms with Gasteiger partial charge in [-0.3, -0.25) is 0 Å². The van der Waals surface area contributed by atoms with E-state index in [0.29, 0.717) is 0 Å². The van der Waals surface area contributed by atoms with Gasteiger partial charge >= 0.3 is 5.97 Å². The van der Waals surface area contributed by atoms with Gasteiger partial charge in [-0.25, -0.2) is 4.79 Å². The van der Waals surface area contributed by atoms with Crippen molar-refractivity contribution in [3.8, 4) is 5.75 Å². The van der Waals surface area contributed by atoms with Gasteiger partial charge in [-0.05, 0) is 17.7 Å². The lowest BCUT2D eigenvalue weighted by Crippen LogP contribution is -2.36. The van der Waals surface area contributed by atoms with Crippen LogP contribution in [0.1, 0.15) is 11.1 Å². The number of aliphatic carboxylic acids is 1. The summed E-state index contributed by atoms with van der Waals surface area (Å²) in [4.78, 5) is 11.4. The van der Waals surface area contributed by atoms with E-state index in [1.54, 1.807) is 18.2 Å². The third-order valence-corrected chi connectivity index (χ3v) is 2.77. The maximum atomic E-state index is 11.4. The summed E-state index contributed by atoms with van der Waals surface area (Å²) in [5.41, 5.74) is -1.82. The lowest BCUT2D eigenvalue weighted by Gasteiger charge is -2.24. The van der Waals surface area contributed by atoms with Gasteiger partial charge in [0.05, 0.1) is 0 Å². The van der Waals surface area contributed by atoms with Crippen LogP contribution in [0.5, 0.6) is 5.75 Å². The second-order valence-corrected chi connectivity index (χ2v) is 3.93. The van der Waals surface area contributed by atoms with E-state index in [4.69, 9.17) is 0 Å². The Hall–Kier alpha value is -2.33. The van der Waals surface area contributed by atoms with Gasteiger partial charge in [0.2, 0.25) is 5.60 Å². The summed E-state index contributed by atoms with van der Waals surface area (Å²) in [6.45, 7) is 0. The molecule has 0 aliphatic carbocycles. The summed E-state index contributed by atoms with van der Waals surface area (Å²) in [6.07, 6.45) is 0. The second-order valence-electron chi connectivity index (χ2n) is 3.93. The summed E-state index contributed by atoms with van der Waals surface area (Å²) in [5, 5.41) is 29.1. The highest BCUT2D eigenvalue weighted by Gasteiger charge is 2.40. The number of hydrogen-bond donors (Lipinski definition) is 3. The number of aliphatic hydroxyl groups is 1. The van der Waals surface area contributed by atoms with Crippen molar-refractivity contribution in [2.45, 2.75) is 5.60 Å². The Balaban J connectivity index is 2.62. The number of hydrogen-bond acceptors (Lipinski definition) is 3. The van der Waals surface area contributed by atoms with Crippen LogP contribution in [0.2, 0.25) is 0 Å². The number of phenolic OH excluding ortho intramolecular Hbond substituents is 1. The first-order chi connectivity index (χ1) is 8.55. The number of carboxylic acids is 1. The van der Waals surface area contributed by atoms with E-state index >= 15 is 0 Å². The first-order valence-electron chi connectivity index (χ1n) is 5.36. The molecule has 0 spiro atoms. The molecule has 0 saturated heterocycles. The molecule has 0 unspecified atom stereocenters. The van der Waals surface area contributed by atoms with E-state index in [1.165, 1.54) is 36.4 Å². The fourth-order valence-corrected chi connectivity index (χ4v) is 1.82. The Morgan fingerprint density at radius 1 is 0.944 bits per heavy atom. The van der Waals surface area contributed by atoms with Crippen LogP contribution < -0.4 is 0 Å². The number of carboxylic acid groups (broad SMARTS) is 1. The lowest BCUT2D eigenvalue weighted by molar-refractivity contribution is -0.155. The lowest BCUT2D eigenvalue weighted by atomic mass is 9.86. The van der Waals surface area contributed by atoms with Crippen molar-refractivity contribution in [1.82, 2.24) is 0 Å². The van der Waals surface area contributed by atoms with E-state index in [9.17, 15) is 20.1 Å². The first-order valence-corrected chi connectivity index (χ1v) is 5.36. The summed E-state index contributed by atoms with van der Waals surface area (Å²) in [6, 6.07) is 13.7. The predicted molar refractivity (Wildman–Crippen MR) is 65.2 cm³/mol. The van der Waals surface area contributed by atoms with Gasteiger partial charge in [0.15, 0.2) is 0 Å². The standard InChI is InChI=1S/C14H12O4/c15-12-8-4-7-11(9-12)14(18,13(16)17)10-5-2-1-3-6-10/h1-9,15,18H,(H,16,17)/t14-/m1/s1. The Kier molecular flexibility index (Phi) is 3.04. The summed E-state index contributed by atoms with van der Waals surface area (Å²) in [5.74, 6) is -1.48. The molecule has 4 nitrogen and oxygen atoms in total. The molecular formula is C14H12O4. The van der Waals surface area contributed by atoms with Gasteiger partial charge < -0.3 is 15.3 Å². The number of aromatic hydroxyl groups is 1. The minimum absolute atomic E-state index is 0.0943. The fourth-order valence-electron chi connectivity index (χ4n) is 1.82. The van der Waals surface area contributed by atoms with Gasteiger partial charge in [0.25, 0.3) is 0 Å². The number of benzene rings is 2. The molecule has 0 fully saturated rings. The molecule has 0 bridgehead atoms. The minimum atomic E-state index is -2.17. The number of carbonyl (C=O) groups is 1. The van der Waals surface area contributed by atoms with Gasteiger partial charge in [-0.15, -0.1) is 0 Å². The molecule has 4 heteroatoms. The smallest absolute Gasteiger partial charge is 0.345 e.